The molecule has 0 bridgehead atoms. The molecule has 1 aromatic carbocycles. The van der Waals surface area contributed by atoms with Gasteiger partial charge in [-0.15, -0.1) is 0 Å². The predicted molar refractivity (Wildman–Crippen MR) is 323 cm³/mol. The zero-order valence-electron chi connectivity index (χ0n) is 53.9. The number of rotatable bonds is 54. The molecule has 0 radical (unpaired) electrons. The number of Topliss-reactive ketones (excluding diaryl/α,β-unsaturated/α-hetero) is 5. The van der Waals surface area contributed by atoms with E-state index < -0.39 is 0 Å². The molecule has 492 valence electrons. The van der Waals surface area contributed by atoms with E-state index in [4.69, 9.17) is 56.8 Å². The van der Waals surface area contributed by atoms with Gasteiger partial charge < -0.3 is 67.5 Å². The molecule has 0 saturated carbocycles. The molecule has 1 aromatic rings. The van der Waals surface area contributed by atoms with Crippen LogP contribution in [0, 0.1) is 35.5 Å². The highest BCUT2D eigenvalue weighted by atomic mass is 16.6. The van der Waals surface area contributed by atoms with Crippen LogP contribution in [0.4, 0.5) is 5.69 Å². The van der Waals surface area contributed by atoms with Gasteiger partial charge in [0.15, 0.2) is 0 Å². The smallest absolute Gasteiger partial charge is 0.308 e. The molecule has 2 N–H and O–H groups in total. The quantitative estimate of drug-likeness (QED) is 0.0473. The summed E-state index contributed by atoms with van der Waals surface area (Å²) in [7, 11) is 0. The average molecular weight is 1220 g/mol. The maximum absolute atomic E-state index is 12.1. The first-order chi connectivity index (χ1) is 40.6. The van der Waals surface area contributed by atoms with E-state index in [0.29, 0.717) is 183 Å². The molecule has 2 amide bonds. The molecule has 0 aromatic heterocycles. The number of carbonyl (C=O) groups is 8. The van der Waals surface area contributed by atoms with E-state index >= 15 is 0 Å². The van der Waals surface area contributed by atoms with E-state index in [2.05, 4.69) is 10.6 Å². The van der Waals surface area contributed by atoms with Crippen molar-refractivity contribution in [2.24, 2.45) is 35.5 Å². The lowest BCUT2D eigenvalue weighted by Crippen LogP contribution is -2.28. The predicted octanol–water partition coefficient (Wildman–Crippen LogP) is 7.45. The minimum absolute atomic E-state index is 0.0238. The van der Waals surface area contributed by atoms with Crippen LogP contribution in [0.25, 0.3) is 0 Å². The summed E-state index contributed by atoms with van der Waals surface area (Å²) in [6.07, 6.45) is 2.70. The molecular formula is C63H110N2O20. The normalized spacial score (nSPS) is 11.2. The lowest BCUT2D eigenvalue weighted by molar-refractivity contribution is -0.148. The molecule has 22 heteroatoms. The standard InChI is InChI=1S/C29H46N2O9.C20H38O7.C14H26O4/c1-22(2)26(32)9-13-36-17-18-37-14-10-27(33)30-12-16-39-20-19-38-15-11-28(34)31-25-7-5-24(6-8-25)21-40-29(35)23(3)4;1-17(2)19(21)5-7-23-9-11-25-13-15-27-16-14-26-12-10-24-8-6-20(22)18(3)4;1-11(2)13(15)5-7-17-9-10-18-8-6-14(16)12(3)4/h5-8,22-23H,9-21H2,1-4H3,(H,30,33)(H,31,34);17-18H,5-16H2,1-4H3;11-12H,5-10H2,1-4H3. The van der Waals surface area contributed by atoms with Crippen molar-refractivity contribution in [3.8, 4) is 0 Å². The Morgan fingerprint density at radius 2 is 0.553 bits per heavy atom. The number of ether oxygens (including phenoxy) is 12. The first-order valence-electron chi connectivity index (χ1n) is 30.4. The molecule has 0 unspecified atom stereocenters. The Balaban J connectivity index is 0. The van der Waals surface area contributed by atoms with Crippen LogP contribution in [0.1, 0.15) is 134 Å². The van der Waals surface area contributed by atoms with Gasteiger partial charge in [0.1, 0.15) is 35.5 Å². The van der Waals surface area contributed by atoms with Gasteiger partial charge in [-0.1, -0.05) is 95.2 Å². The molecule has 0 aliphatic heterocycles. The molecule has 85 heavy (non-hydrogen) atoms. The summed E-state index contributed by atoms with van der Waals surface area (Å²) in [5.74, 6) is 0.658. The number of anilines is 1. The van der Waals surface area contributed by atoms with Gasteiger partial charge in [0.25, 0.3) is 0 Å². The SMILES string of the molecule is CC(C)C(=O)CCOCCOCCC(=O)C(C)C.CC(C)C(=O)CCOCCOCCC(=O)NCCOCCOCCC(=O)Nc1ccc(COC(=O)C(C)C)cc1.CC(C)C(=O)CCOCCOCCOCCOCCOCCC(=O)C(C)C. The molecule has 0 fully saturated rings. The maximum Gasteiger partial charge on any atom is 0.308 e. The molecule has 22 nitrogen and oxygen atoms in total. The van der Waals surface area contributed by atoms with Crippen molar-refractivity contribution in [1.29, 1.82) is 0 Å². The number of esters is 1. The van der Waals surface area contributed by atoms with E-state index in [1.165, 1.54) is 0 Å². The monoisotopic (exact) mass is 1210 g/mol. The summed E-state index contributed by atoms with van der Waals surface area (Å²) in [6, 6.07) is 7.11. The largest absolute Gasteiger partial charge is 0.461 e. The minimum Gasteiger partial charge on any atom is -0.461 e. The fourth-order valence-electron chi connectivity index (χ4n) is 6.16. The van der Waals surface area contributed by atoms with Crippen molar-refractivity contribution in [1.82, 2.24) is 5.32 Å². The van der Waals surface area contributed by atoms with Gasteiger partial charge in [0.2, 0.25) is 11.8 Å². The summed E-state index contributed by atoms with van der Waals surface area (Å²) in [4.78, 5) is 92.1. The molecule has 1 rings (SSSR count). The summed E-state index contributed by atoms with van der Waals surface area (Å²) in [5.41, 5.74) is 1.50. The van der Waals surface area contributed by atoms with Crippen molar-refractivity contribution >= 4 is 52.4 Å². The Labute approximate surface area is 508 Å². The molecular weight excluding hydrogens is 1100 g/mol. The number of ketones is 5. The summed E-state index contributed by atoms with van der Waals surface area (Å²) in [6.45, 7) is 32.4. The van der Waals surface area contributed by atoms with Crippen molar-refractivity contribution in [2.45, 2.75) is 135 Å². The molecule has 0 spiro atoms. The second-order valence-electron chi connectivity index (χ2n) is 21.4. The van der Waals surface area contributed by atoms with Crippen LogP contribution >= 0.6 is 0 Å². The maximum atomic E-state index is 12.1. The first kappa shape index (κ1) is 82.6. The van der Waals surface area contributed by atoms with E-state index in [1.807, 2.05) is 69.2 Å². The Bertz CT molecular complexity index is 1810. The van der Waals surface area contributed by atoms with Crippen LogP contribution < -0.4 is 10.6 Å². The fourth-order valence-corrected chi connectivity index (χ4v) is 6.16. The number of carbonyl (C=O) groups excluding carboxylic acids is 8. The van der Waals surface area contributed by atoms with Crippen LogP contribution in [-0.2, 0) is 102 Å². The van der Waals surface area contributed by atoms with Gasteiger partial charge in [0.05, 0.1) is 158 Å². The molecule has 0 saturated heterocycles. The summed E-state index contributed by atoms with van der Waals surface area (Å²) < 4.78 is 64.1. The van der Waals surface area contributed by atoms with Crippen LogP contribution in [0.15, 0.2) is 24.3 Å². The van der Waals surface area contributed by atoms with Crippen LogP contribution in [0.2, 0.25) is 0 Å². The Morgan fingerprint density at radius 1 is 0.306 bits per heavy atom. The lowest BCUT2D eigenvalue weighted by atomic mass is 10.1. The highest BCUT2D eigenvalue weighted by Crippen LogP contribution is 2.12. The second-order valence-corrected chi connectivity index (χ2v) is 21.4. The third kappa shape index (κ3) is 55.8. The number of amides is 2. The summed E-state index contributed by atoms with van der Waals surface area (Å²) in [5, 5.41) is 5.54. The zero-order valence-corrected chi connectivity index (χ0v) is 53.9. The molecule has 0 heterocycles. The van der Waals surface area contributed by atoms with Crippen molar-refractivity contribution in [2.75, 3.05) is 157 Å². The van der Waals surface area contributed by atoms with Gasteiger partial charge in [-0.2, -0.15) is 0 Å². The van der Waals surface area contributed by atoms with E-state index in [0.717, 1.165) is 5.56 Å². The van der Waals surface area contributed by atoms with E-state index in [9.17, 15) is 38.4 Å². The van der Waals surface area contributed by atoms with Gasteiger partial charge in [-0.3, -0.25) is 38.4 Å². The topological polar surface area (TPSA) is 271 Å². The van der Waals surface area contributed by atoms with Crippen molar-refractivity contribution < 1.29 is 95.2 Å². The van der Waals surface area contributed by atoms with E-state index in [-0.39, 0.29) is 108 Å². The van der Waals surface area contributed by atoms with Crippen LogP contribution in [-0.4, -0.2) is 199 Å². The third-order valence-electron chi connectivity index (χ3n) is 11.9. The van der Waals surface area contributed by atoms with Gasteiger partial charge >= 0.3 is 5.97 Å². The third-order valence-corrected chi connectivity index (χ3v) is 11.9. The first-order valence-corrected chi connectivity index (χ1v) is 30.4. The number of benzene rings is 1. The number of nitrogens with one attached hydrogen (secondary N) is 2. The minimum atomic E-state index is -0.251. The van der Waals surface area contributed by atoms with Gasteiger partial charge in [-0.05, 0) is 17.7 Å². The number of hydrogen-bond donors (Lipinski definition) is 2. The van der Waals surface area contributed by atoms with Gasteiger partial charge in [-0.25, -0.2) is 0 Å². The molecule has 0 atom stereocenters. The second kappa shape index (κ2) is 57.3. The summed E-state index contributed by atoms with van der Waals surface area (Å²) >= 11 is 0. The highest BCUT2D eigenvalue weighted by molar-refractivity contribution is 5.90. The molecule has 0 aliphatic rings. The van der Waals surface area contributed by atoms with Crippen molar-refractivity contribution in [3.63, 3.8) is 0 Å². The van der Waals surface area contributed by atoms with Crippen molar-refractivity contribution in [3.05, 3.63) is 29.8 Å². The molecule has 0 aliphatic carbocycles. The van der Waals surface area contributed by atoms with Crippen LogP contribution in [0.5, 0.6) is 0 Å². The highest BCUT2D eigenvalue weighted by Gasteiger charge is 2.12. The Hall–Kier alpha value is -4.46. The number of hydrogen-bond acceptors (Lipinski definition) is 20. The lowest BCUT2D eigenvalue weighted by Gasteiger charge is -2.09. The van der Waals surface area contributed by atoms with Gasteiger partial charge in [0, 0.05) is 80.3 Å². The van der Waals surface area contributed by atoms with Crippen LogP contribution in [0.3, 0.4) is 0 Å². The fraction of sp³-hybridized carbons (Fsp3) is 0.778. The Kier molecular flexibility index (Phi) is 55.7. The zero-order chi connectivity index (χ0) is 63.9. The van der Waals surface area contributed by atoms with E-state index in [1.54, 1.807) is 38.1 Å². The Morgan fingerprint density at radius 3 is 0.824 bits per heavy atom. The average Bonchev–Trinajstić information content (AvgIpc) is 3.49.